The summed E-state index contributed by atoms with van der Waals surface area (Å²) in [6.45, 7) is 1.93. The van der Waals surface area contributed by atoms with Crippen molar-refractivity contribution in [3.8, 4) is 5.69 Å². The number of hydrogen-bond donors (Lipinski definition) is 2. The van der Waals surface area contributed by atoms with Crippen LogP contribution in [-0.4, -0.2) is 33.1 Å². The molecule has 2 aromatic carbocycles. The number of hydrogen-bond acceptors (Lipinski definition) is 4. The molecule has 0 saturated heterocycles. The van der Waals surface area contributed by atoms with Gasteiger partial charge in [-0.15, -0.1) is 0 Å². The van der Waals surface area contributed by atoms with Crippen LogP contribution >= 0.6 is 0 Å². The van der Waals surface area contributed by atoms with E-state index in [1.165, 1.54) is 6.33 Å². The van der Waals surface area contributed by atoms with Crippen LogP contribution in [0.15, 0.2) is 61.2 Å². The summed E-state index contributed by atoms with van der Waals surface area (Å²) in [5.74, 6) is -0.576. The van der Waals surface area contributed by atoms with E-state index < -0.39 is 0 Å². The lowest BCUT2D eigenvalue weighted by Crippen LogP contribution is -2.33. The van der Waals surface area contributed by atoms with Crippen molar-refractivity contribution in [2.45, 2.75) is 13.3 Å². The number of aryl methyl sites for hydroxylation is 1. The lowest BCUT2D eigenvalue weighted by atomic mass is 10.1. The lowest BCUT2D eigenvalue weighted by molar-refractivity contribution is -0.115. The molecule has 0 aliphatic rings. The highest BCUT2D eigenvalue weighted by atomic mass is 16.2. The molecule has 7 heteroatoms. The Morgan fingerprint density at radius 2 is 1.85 bits per heavy atom. The van der Waals surface area contributed by atoms with Crippen LogP contribution in [0, 0.1) is 0 Å². The van der Waals surface area contributed by atoms with E-state index in [0.717, 1.165) is 23.4 Å². The maximum atomic E-state index is 12.2. The van der Waals surface area contributed by atoms with Gasteiger partial charge < -0.3 is 10.6 Å². The zero-order valence-electron chi connectivity index (χ0n) is 14.3. The number of benzene rings is 2. The van der Waals surface area contributed by atoms with Crippen molar-refractivity contribution < 1.29 is 9.59 Å². The van der Waals surface area contributed by atoms with Gasteiger partial charge in [0.15, 0.2) is 0 Å². The molecule has 0 atom stereocenters. The van der Waals surface area contributed by atoms with E-state index in [0.29, 0.717) is 5.56 Å². The largest absolute Gasteiger partial charge is 0.343 e. The van der Waals surface area contributed by atoms with E-state index in [2.05, 4.69) is 20.7 Å². The average Bonchev–Trinajstić information content (AvgIpc) is 3.21. The number of carbonyl (C=O) groups excluding carboxylic acids is 2. The number of rotatable bonds is 6. The Morgan fingerprint density at radius 3 is 2.54 bits per heavy atom. The van der Waals surface area contributed by atoms with Crippen LogP contribution in [-0.2, 0) is 11.2 Å². The van der Waals surface area contributed by atoms with Crippen molar-refractivity contribution in [1.29, 1.82) is 0 Å². The molecule has 26 heavy (non-hydrogen) atoms. The van der Waals surface area contributed by atoms with Crippen molar-refractivity contribution in [2.24, 2.45) is 0 Å². The van der Waals surface area contributed by atoms with Crippen LogP contribution in [0.4, 0.5) is 5.69 Å². The first kappa shape index (κ1) is 17.3. The second-order valence-corrected chi connectivity index (χ2v) is 5.63. The molecule has 3 aromatic rings. The Hall–Kier alpha value is -3.48. The average molecular weight is 349 g/mol. The third-order valence-electron chi connectivity index (χ3n) is 3.89. The van der Waals surface area contributed by atoms with Gasteiger partial charge in [0.25, 0.3) is 5.91 Å². The van der Waals surface area contributed by atoms with Crippen LogP contribution in [0.25, 0.3) is 5.69 Å². The van der Waals surface area contributed by atoms with Gasteiger partial charge in [-0.05, 0) is 42.3 Å². The van der Waals surface area contributed by atoms with E-state index in [1.807, 2.05) is 31.2 Å². The van der Waals surface area contributed by atoms with Gasteiger partial charge in [0, 0.05) is 11.3 Å². The maximum absolute atomic E-state index is 12.2. The molecule has 2 amide bonds. The van der Waals surface area contributed by atoms with Crippen molar-refractivity contribution in [2.75, 3.05) is 11.9 Å². The fraction of sp³-hybridized carbons (Fsp3) is 0.158. The molecule has 0 aliphatic heterocycles. The minimum absolute atomic E-state index is 0.0955. The molecule has 132 valence electrons. The Balaban J connectivity index is 1.55. The molecule has 0 unspecified atom stereocenters. The van der Waals surface area contributed by atoms with Gasteiger partial charge in [0.2, 0.25) is 5.91 Å². The monoisotopic (exact) mass is 349 g/mol. The summed E-state index contributed by atoms with van der Waals surface area (Å²) >= 11 is 0. The molecular formula is C19H19N5O2. The second-order valence-electron chi connectivity index (χ2n) is 5.63. The summed E-state index contributed by atoms with van der Waals surface area (Å²) in [6.07, 6.45) is 3.84. The van der Waals surface area contributed by atoms with E-state index in [-0.39, 0.29) is 18.4 Å². The Kier molecular flexibility index (Phi) is 5.38. The first-order valence-corrected chi connectivity index (χ1v) is 8.28. The van der Waals surface area contributed by atoms with Crippen LogP contribution < -0.4 is 10.6 Å². The molecule has 0 bridgehead atoms. The molecule has 3 rings (SSSR count). The van der Waals surface area contributed by atoms with Gasteiger partial charge >= 0.3 is 0 Å². The fourth-order valence-electron chi connectivity index (χ4n) is 2.51. The number of para-hydroxylation sites is 1. The van der Waals surface area contributed by atoms with Gasteiger partial charge in [-0.25, -0.2) is 9.67 Å². The number of nitrogens with one attached hydrogen (secondary N) is 2. The van der Waals surface area contributed by atoms with Crippen LogP contribution in [0.5, 0.6) is 0 Å². The van der Waals surface area contributed by atoms with Crippen molar-refractivity contribution >= 4 is 17.5 Å². The predicted octanol–water partition coefficient (Wildman–Crippen LogP) is 2.20. The van der Waals surface area contributed by atoms with E-state index in [4.69, 9.17) is 0 Å². The minimum atomic E-state index is -0.311. The number of aromatic nitrogens is 3. The van der Waals surface area contributed by atoms with E-state index in [1.54, 1.807) is 35.3 Å². The lowest BCUT2D eigenvalue weighted by Gasteiger charge is -2.10. The summed E-state index contributed by atoms with van der Waals surface area (Å²) < 4.78 is 1.60. The van der Waals surface area contributed by atoms with Crippen molar-refractivity contribution in [3.05, 3.63) is 72.3 Å². The van der Waals surface area contributed by atoms with Gasteiger partial charge in [-0.2, -0.15) is 5.10 Å². The SMILES string of the molecule is CCc1ccccc1NC(=O)CNC(=O)c1ccc(-n2cncn2)cc1. The summed E-state index contributed by atoms with van der Waals surface area (Å²) in [5, 5.41) is 9.48. The van der Waals surface area contributed by atoms with Crippen LogP contribution in [0.1, 0.15) is 22.8 Å². The molecule has 2 N–H and O–H groups in total. The van der Waals surface area contributed by atoms with E-state index >= 15 is 0 Å². The highest BCUT2D eigenvalue weighted by Gasteiger charge is 2.10. The molecule has 0 saturated carbocycles. The Bertz CT molecular complexity index is 889. The van der Waals surface area contributed by atoms with Gasteiger partial charge in [0.1, 0.15) is 12.7 Å². The van der Waals surface area contributed by atoms with Crippen LogP contribution in [0.3, 0.4) is 0 Å². The molecule has 1 heterocycles. The quantitative estimate of drug-likeness (QED) is 0.714. The van der Waals surface area contributed by atoms with Gasteiger partial charge in [-0.3, -0.25) is 9.59 Å². The third-order valence-corrected chi connectivity index (χ3v) is 3.89. The molecule has 0 aliphatic carbocycles. The Labute approximate surface area is 151 Å². The first-order chi connectivity index (χ1) is 12.7. The first-order valence-electron chi connectivity index (χ1n) is 8.28. The Morgan fingerprint density at radius 1 is 1.08 bits per heavy atom. The number of anilines is 1. The molecule has 0 radical (unpaired) electrons. The highest BCUT2D eigenvalue weighted by Crippen LogP contribution is 2.15. The standard InChI is InChI=1S/C19H19N5O2/c1-2-14-5-3-4-6-17(14)23-18(25)11-21-19(26)15-7-9-16(10-8-15)24-13-20-12-22-24/h3-10,12-13H,2,11H2,1H3,(H,21,26)(H,23,25). The molecular weight excluding hydrogens is 330 g/mol. The number of carbonyl (C=O) groups is 2. The summed E-state index contributed by atoms with van der Waals surface area (Å²) in [4.78, 5) is 28.2. The second kappa shape index (κ2) is 8.06. The minimum Gasteiger partial charge on any atom is -0.343 e. The zero-order valence-corrected chi connectivity index (χ0v) is 14.3. The number of amides is 2. The molecule has 1 aromatic heterocycles. The summed E-state index contributed by atoms with van der Waals surface area (Å²) in [7, 11) is 0. The smallest absolute Gasteiger partial charge is 0.251 e. The summed E-state index contributed by atoms with van der Waals surface area (Å²) in [5.41, 5.74) is 3.09. The molecule has 7 nitrogen and oxygen atoms in total. The number of nitrogens with zero attached hydrogens (tertiary/aromatic N) is 3. The fourth-order valence-corrected chi connectivity index (χ4v) is 2.51. The van der Waals surface area contributed by atoms with Gasteiger partial charge in [-0.1, -0.05) is 25.1 Å². The topological polar surface area (TPSA) is 88.9 Å². The van der Waals surface area contributed by atoms with Crippen molar-refractivity contribution in [3.63, 3.8) is 0 Å². The van der Waals surface area contributed by atoms with Crippen molar-refractivity contribution in [1.82, 2.24) is 20.1 Å². The predicted molar refractivity (Wildman–Crippen MR) is 98.1 cm³/mol. The highest BCUT2D eigenvalue weighted by molar-refractivity contribution is 5.99. The normalized spacial score (nSPS) is 10.3. The maximum Gasteiger partial charge on any atom is 0.251 e. The molecule has 0 spiro atoms. The van der Waals surface area contributed by atoms with Gasteiger partial charge in [0.05, 0.1) is 12.2 Å². The zero-order chi connectivity index (χ0) is 18.4. The summed E-state index contributed by atoms with van der Waals surface area (Å²) in [6, 6.07) is 14.5. The molecule has 0 fully saturated rings. The van der Waals surface area contributed by atoms with Crippen LogP contribution in [0.2, 0.25) is 0 Å². The third kappa shape index (κ3) is 4.13. The van der Waals surface area contributed by atoms with E-state index in [9.17, 15) is 9.59 Å².